The summed E-state index contributed by atoms with van der Waals surface area (Å²) in [7, 11) is 0. The molecule has 0 N–H and O–H groups in total. The molecule has 5 heteroatoms. The van der Waals surface area contributed by atoms with Gasteiger partial charge in [-0.1, -0.05) is 23.7 Å². The predicted molar refractivity (Wildman–Crippen MR) is 73.7 cm³/mol. The number of ether oxygens (including phenoxy) is 1. The van der Waals surface area contributed by atoms with Crippen LogP contribution in [0.25, 0.3) is 6.08 Å². The van der Waals surface area contributed by atoms with Crippen LogP contribution in [0.5, 0.6) is 0 Å². The van der Waals surface area contributed by atoms with Crippen LogP contribution >= 0.6 is 11.6 Å². The lowest BCUT2D eigenvalue weighted by molar-refractivity contribution is -0.138. The van der Waals surface area contributed by atoms with Crippen molar-refractivity contribution in [3.05, 3.63) is 59.4 Å². The maximum absolute atomic E-state index is 11.5. The van der Waals surface area contributed by atoms with Crippen LogP contribution in [-0.4, -0.2) is 22.4 Å². The molecule has 2 rings (SSSR count). The minimum Gasteiger partial charge on any atom is -0.461 e. The summed E-state index contributed by atoms with van der Waals surface area (Å²) in [6.45, 7) is 0.837. The summed E-state index contributed by atoms with van der Waals surface area (Å²) in [5.41, 5.74) is 0.858. The van der Waals surface area contributed by atoms with E-state index in [9.17, 15) is 4.79 Å². The fourth-order valence-electron chi connectivity index (χ4n) is 1.50. The topological polar surface area (TPSA) is 44.1 Å². The summed E-state index contributed by atoms with van der Waals surface area (Å²) in [4.78, 5) is 11.5. The van der Waals surface area contributed by atoms with Crippen LogP contribution in [-0.2, 0) is 16.1 Å². The Balaban J connectivity index is 1.78. The fourth-order valence-corrected chi connectivity index (χ4v) is 1.69. The van der Waals surface area contributed by atoms with Crippen LogP contribution in [0, 0.1) is 0 Å². The van der Waals surface area contributed by atoms with Gasteiger partial charge in [0.2, 0.25) is 0 Å². The molecular formula is C14H13ClN2O2. The Morgan fingerprint density at radius 2 is 2.32 bits per heavy atom. The average molecular weight is 277 g/mol. The van der Waals surface area contributed by atoms with Crippen LogP contribution < -0.4 is 0 Å². The van der Waals surface area contributed by atoms with Gasteiger partial charge in [0.1, 0.15) is 6.61 Å². The Morgan fingerprint density at radius 1 is 1.42 bits per heavy atom. The van der Waals surface area contributed by atoms with Crippen molar-refractivity contribution < 1.29 is 9.53 Å². The molecular weight excluding hydrogens is 264 g/mol. The maximum Gasteiger partial charge on any atom is 0.330 e. The first-order valence-corrected chi connectivity index (χ1v) is 6.20. The highest BCUT2D eigenvalue weighted by atomic mass is 35.5. The summed E-state index contributed by atoms with van der Waals surface area (Å²) >= 11 is 5.84. The predicted octanol–water partition coefficient (Wildman–Crippen LogP) is 2.79. The molecule has 4 nitrogen and oxygen atoms in total. The number of carbonyl (C=O) groups excluding carboxylic acids is 1. The molecule has 98 valence electrons. The summed E-state index contributed by atoms with van der Waals surface area (Å²) in [6, 6.07) is 9.06. The number of hydrogen-bond acceptors (Lipinski definition) is 3. The molecule has 0 aliphatic heterocycles. The van der Waals surface area contributed by atoms with Gasteiger partial charge in [-0.05, 0) is 29.8 Å². The SMILES string of the molecule is O=C(/C=C/c1cccc(Cl)c1)OCCn1cccn1. The number of carbonyl (C=O) groups is 1. The third-order valence-electron chi connectivity index (χ3n) is 2.38. The molecule has 0 aliphatic carbocycles. The zero-order valence-corrected chi connectivity index (χ0v) is 11.0. The minimum absolute atomic E-state index is 0.292. The van der Waals surface area contributed by atoms with Crippen molar-refractivity contribution in [1.82, 2.24) is 9.78 Å². The third-order valence-corrected chi connectivity index (χ3v) is 2.62. The van der Waals surface area contributed by atoms with E-state index in [4.69, 9.17) is 16.3 Å². The smallest absolute Gasteiger partial charge is 0.330 e. The highest BCUT2D eigenvalue weighted by molar-refractivity contribution is 6.30. The second-order valence-corrected chi connectivity index (χ2v) is 4.26. The molecule has 0 bridgehead atoms. The highest BCUT2D eigenvalue weighted by Crippen LogP contribution is 2.11. The number of hydrogen-bond donors (Lipinski definition) is 0. The van der Waals surface area contributed by atoms with Crippen LogP contribution in [0.2, 0.25) is 5.02 Å². The minimum atomic E-state index is -0.382. The molecule has 0 unspecified atom stereocenters. The lowest BCUT2D eigenvalue weighted by atomic mass is 10.2. The quantitative estimate of drug-likeness (QED) is 0.623. The van der Waals surface area contributed by atoms with Crippen LogP contribution in [0.1, 0.15) is 5.56 Å². The van der Waals surface area contributed by atoms with Gasteiger partial charge >= 0.3 is 5.97 Å². The molecule has 0 saturated heterocycles. The van der Waals surface area contributed by atoms with Gasteiger partial charge in [0.15, 0.2) is 0 Å². The van der Waals surface area contributed by atoms with Crippen LogP contribution in [0.15, 0.2) is 48.8 Å². The molecule has 0 fully saturated rings. The van der Waals surface area contributed by atoms with E-state index in [0.717, 1.165) is 5.56 Å². The Morgan fingerprint density at radius 3 is 3.05 bits per heavy atom. The van der Waals surface area contributed by atoms with Gasteiger partial charge in [0.25, 0.3) is 0 Å². The van der Waals surface area contributed by atoms with Crippen molar-refractivity contribution >= 4 is 23.6 Å². The molecule has 2 aromatic rings. The largest absolute Gasteiger partial charge is 0.461 e. The van der Waals surface area contributed by atoms with Gasteiger partial charge in [-0.15, -0.1) is 0 Å². The molecule has 0 aliphatic rings. The van der Waals surface area contributed by atoms with E-state index in [1.165, 1.54) is 6.08 Å². The van der Waals surface area contributed by atoms with Crippen LogP contribution in [0.4, 0.5) is 0 Å². The highest BCUT2D eigenvalue weighted by Gasteiger charge is 1.98. The Kier molecular flexibility index (Phi) is 4.75. The van der Waals surface area contributed by atoms with E-state index >= 15 is 0 Å². The summed E-state index contributed by atoms with van der Waals surface area (Å²) in [5.74, 6) is -0.382. The van der Waals surface area contributed by atoms with Crippen molar-refractivity contribution in [3.63, 3.8) is 0 Å². The lowest BCUT2D eigenvalue weighted by Gasteiger charge is -2.02. The van der Waals surface area contributed by atoms with E-state index < -0.39 is 0 Å². The van der Waals surface area contributed by atoms with E-state index in [1.807, 2.05) is 24.4 Å². The maximum atomic E-state index is 11.5. The number of nitrogens with zero attached hydrogens (tertiary/aromatic N) is 2. The normalized spacial score (nSPS) is 10.8. The van der Waals surface area contributed by atoms with E-state index in [2.05, 4.69) is 5.10 Å². The van der Waals surface area contributed by atoms with Crippen LogP contribution in [0.3, 0.4) is 0 Å². The van der Waals surface area contributed by atoms with Crippen molar-refractivity contribution in [1.29, 1.82) is 0 Å². The summed E-state index contributed by atoms with van der Waals surface area (Å²) in [6.07, 6.45) is 6.55. The van der Waals surface area contributed by atoms with Crippen molar-refractivity contribution in [2.24, 2.45) is 0 Å². The molecule has 1 aromatic heterocycles. The van der Waals surface area contributed by atoms with E-state index in [-0.39, 0.29) is 5.97 Å². The fraction of sp³-hybridized carbons (Fsp3) is 0.143. The first-order valence-electron chi connectivity index (χ1n) is 5.82. The molecule has 1 heterocycles. The first-order chi connectivity index (χ1) is 9.24. The van der Waals surface area contributed by atoms with E-state index in [1.54, 1.807) is 29.1 Å². The standard InChI is InChI=1S/C14H13ClN2O2/c15-13-4-1-3-12(11-13)5-6-14(18)19-10-9-17-8-2-7-16-17/h1-8,11H,9-10H2/b6-5+. The van der Waals surface area contributed by atoms with Crippen molar-refractivity contribution in [3.8, 4) is 0 Å². The molecule has 0 atom stereocenters. The zero-order chi connectivity index (χ0) is 13.5. The molecule has 1 aromatic carbocycles. The Labute approximate surface area is 116 Å². The van der Waals surface area contributed by atoms with E-state index in [0.29, 0.717) is 18.2 Å². The number of rotatable bonds is 5. The lowest BCUT2D eigenvalue weighted by Crippen LogP contribution is -2.09. The van der Waals surface area contributed by atoms with Gasteiger partial charge < -0.3 is 4.74 Å². The second-order valence-electron chi connectivity index (χ2n) is 3.82. The van der Waals surface area contributed by atoms with Crippen molar-refractivity contribution in [2.75, 3.05) is 6.61 Å². The molecule has 0 radical (unpaired) electrons. The van der Waals surface area contributed by atoms with Gasteiger partial charge in [0, 0.05) is 23.5 Å². The van der Waals surface area contributed by atoms with Gasteiger partial charge in [-0.2, -0.15) is 5.10 Å². The average Bonchev–Trinajstić information content (AvgIpc) is 2.90. The number of esters is 1. The number of aromatic nitrogens is 2. The third kappa shape index (κ3) is 4.60. The van der Waals surface area contributed by atoms with Gasteiger partial charge in [-0.25, -0.2) is 4.79 Å². The Bertz CT molecular complexity index is 565. The Hall–Kier alpha value is -2.07. The molecule has 19 heavy (non-hydrogen) atoms. The second kappa shape index (κ2) is 6.75. The van der Waals surface area contributed by atoms with Gasteiger partial charge in [0.05, 0.1) is 6.54 Å². The van der Waals surface area contributed by atoms with Gasteiger partial charge in [-0.3, -0.25) is 4.68 Å². The monoisotopic (exact) mass is 276 g/mol. The molecule has 0 amide bonds. The molecule has 0 saturated carbocycles. The number of benzene rings is 1. The summed E-state index contributed by atoms with van der Waals surface area (Å²) in [5, 5.41) is 4.64. The summed E-state index contributed by atoms with van der Waals surface area (Å²) < 4.78 is 6.75. The first kappa shape index (κ1) is 13.4. The molecule has 0 spiro atoms. The number of halogens is 1. The zero-order valence-electron chi connectivity index (χ0n) is 10.2. The van der Waals surface area contributed by atoms with Crippen molar-refractivity contribution in [2.45, 2.75) is 6.54 Å².